The van der Waals surface area contributed by atoms with Gasteiger partial charge in [-0.05, 0) is 0 Å². The number of carbonyl (C=O) groups is 1. The maximum Gasteiger partial charge on any atom is 0.356 e. The molecule has 5 nitrogen and oxygen atoms in total. The summed E-state index contributed by atoms with van der Waals surface area (Å²) in [6, 6.07) is 0. The van der Waals surface area contributed by atoms with Gasteiger partial charge in [-0.25, -0.2) is 14.8 Å². The fourth-order valence-corrected chi connectivity index (χ4v) is 1.15. The highest BCUT2D eigenvalue weighted by Gasteiger charge is 2.15. The molecule has 0 fully saturated rings. The number of nitrogens with one attached hydrogen (secondary N) is 1. The molecular formula is C7H7N3O2. The Kier molecular flexibility index (Phi) is 1.43. The number of nitrogens with zero attached hydrogens (tertiary/aromatic N) is 2. The second kappa shape index (κ2) is 2.44. The van der Waals surface area contributed by atoms with Gasteiger partial charge >= 0.3 is 5.97 Å². The lowest BCUT2D eigenvalue weighted by atomic mass is 10.3. The summed E-state index contributed by atoms with van der Waals surface area (Å²) in [5.74, 6) is -0.322. The van der Waals surface area contributed by atoms with E-state index in [0.717, 1.165) is 18.7 Å². The summed E-state index contributed by atoms with van der Waals surface area (Å²) in [7, 11) is 0. The molecule has 0 atom stereocenters. The number of carboxylic acid groups (broad SMARTS) is 1. The molecule has 0 saturated heterocycles. The Morgan fingerprint density at radius 1 is 1.67 bits per heavy atom. The number of aromatic nitrogens is 2. The van der Waals surface area contributed by atoms with Crippen molar-refractivity contribution < 1.29 is 9.90 Å². The number of hydrogen-bond donors (Lipinski definition) is 2. The molecule has 0 saturated carbocycles. The number of aromatic carboxylic acids is 1. The molecule has 2 N–H and O–H groups in total. The van der Waals surface area contributed by atoms with Crippen LogP contribution in [0.25, 0.3) is 0 Å². The van der Waals surface area contributed by atoms with Crippen LogP contribution in [0.1, 0.15) is 16.2 Å². The van der Waals surface area contributed by atoms with E-state index >= 15 is 0 Å². The van der Waals surface area contributed by atoms with Crippen molar-refractivity contribution in [3.63, 3.8) is 0 Å². The van der Waals surface area contributed by atoms with Crippen molar-refractivity contribution >= 4 is 11.8 Å². The Hall–Kier alpha value is -1.65. The Balaban J connectivity index is 2.45. The van der Waals surface area contributed by atoms with Gasteiger partial charge in [0.05, 0.1) is 11.9 Å². The van der Waals surface area contributed by atoms with E-state index in [0.29, 0.717) is 5.82 Å². The van der Waals surface area contributed by atoms with E-state index < -0.39 is 5.97 Å². The van der Waals surface area contributed by atoms with Crippen LogP contribution < -0.4 is 5.32 Å². The topological polar surface area (TPSA) is 75.1 Å². The zero-order valence-electron chi connectivity index (χ0n) is 6.24. The van der Waals surface area contributed by atoms with Crippen molar-refractivity contribution in [3.8, 4) is 0 Å². The van der Waals surface area contributed by atoms with Crippen LogP contribution in [0.3, 0.4) is 0 Å². The van der Waals surface area contributed by atoms with Gasteiger partial charge in [0.15, 0.2) is 5.69 Å². The average molecular weight is 165 g/mol. The molecule has 2 heterocycles. The van der Waals surface area contributed by atoms with Gasteiger partial charge in [0.25, 0.3) is 0 Å². The molecule has 0 radical (unpaired) electrons. The molecule has 2 rings (SSSR count). The van der Waals surface area contributed by atoms with Gasteiger partial charge in [-0.2, -0.15) is 0 Å². The summed E-state index contributed by atoms with van der Waals surface area (Å²) in [4.78, 5) is 18.3. The van der Waals surface area contributed by atoms with Crippen molar-refractivity contribution in [2.24, 2.45) is 0 Å². The van der Waals surface area contributed by atoms with E-state index in [1.54, 1.807) is 0 Å². The minimum Gasteiger partial charge on any atom is -0.476 e. The largest absolute Gasteiger partial charge is 0.476 e. The van der Waals surface area contributed by atoms with Crippen LogP contribution in [0.5, 0.6) is 0 Å². The monoisotopic (exact) mass is 165 g/mol. The highest BCUT2D eigenvalue weighted by molar-refractivity contribution is 5.85. The van der Waals surface area contributed by atoms with E-state index in [-0.39, 0.29) is 5.69 Å². The first kappa shape index (κ1) is 7.02. The van der Waals surface area contributed by atoms with Crippen LogP contribution in [-0.2, 0) is 6.42 Å². The van der Waals surface area contributed by atoms with E-state index in [4.69, 9.17) is 5.11 Å². The molecule has 5 heteroatoms. The smallest absolute Gasteiger partial charge is 0.356 e. The summed E-state index contributed by atoms with van der Waals surface area (Å²) >= 11 is 0. The standard InChI is InChI=1S/C7H7N3O2/c11-7(12)5-3-9-6-4(10-5)1-2-8-6/h3H,1-2H2,(H,8,9)(H,11,12). The predicted octanol–water partition coefficient (Wildman–Crippen LogP) is 0.143. The van der Waals surface area contributed by atoms with E-state index in [9.17, 15) is 4.79 Å². The van der Waals surface area contributed by atoms with Crippen LogP contribution in [0.15, 0.2) is 6.20 Å². The molecule has 1 aliphatic rings. The Morgan fingerprint density at radius 3 is 3.25 bits per heavy atom. The van der Waals surface area contributed by atoms with Crippen LogP contribution in [0.2, 0.25) is 0 Å². The third-order valence-electron chi connectivity index (χ3n) is 1.72. The maximum absolute atomic E-state index is 10.5. The molecule has 12 heavy (non-hydrogen) atoms. The molecule has 0 bridgehead atoms. The molecule has 1 aliphatic heterocycles. The number of carboxylic acids is 1. The SMILES string of the molecule is O=C(O)c1cnc2c(n1)CCN2. The molecule has 0 aliphatic carbocycles. The first-order chi connectivity index (χ1) is 5.77. The summed E-state index contributed by atoms with van der Waals surface area (Å²) < 4.78 is 0. The number of fused-ring (bicyclic) bond motifs is 1. The number of hydrogen-bond acceptors (Lipinski definition) is 4. The van der Waals surface area contributed by atoms with Crippen LogP contribution in [0, 0.1) is 0 Å². The molecule has 1 aromatic heterocycles. The van der Waals surface area contributed by atoms with Gasteiger partial charge < -0.3 is 10.4 Å². The second-order valence-electron chi connectivity index (χ2n) is 2.53. The molecule has 0 aromatic carbocycles. The second-order valence-corrected chi connectivity index (χ2v) is 2.53. The van der Waals surface area contributed by atoms with Gasteiger partial charge in [-0.1, -0.05) is 0 Å². The Morgan fingerprint density at radius 2 is 2.50 bits per heavy atom. The molecule has 62 valence electrons. The lowest BCUT2D eigenvalue weighted by Crippen LogP contribution is -2.03. The highest BCUT2D eigenvalue weighted by atomic mass is 16.4. The summed E-state index contributed by atoms with van der Waals surface area (Å²) in [6.07, 6.45) is 2.02. The third kappa shape index (κ3) is 0.990. The average Bonchev–Trinajstić information content (AvgIpc) is 2.49. The molecule has 0 spiro atoms. The minimum atomic E-state index is -1.03. The molecule has 0 amide bonds. The Labute approximate surface area is 68.5 Å². The van der Waals surface area contributed by atoms with E-state index in [1.807, 2.05) is 0 Å². The first-order valence-electron chi connectivity index (χ1n) is 3.60. The zero-order valence-corrected chi connectivity index (χ0v) is 6.24. The maximum atomic E-state index is 10.5. The first-order valence-corrected chi connectivity index (χ1v) is 3.60. The van der Waals surface area contributed by atoms with Crippen LogP contribution >= 0.6 is 0 Å². The third-order valence-corrected chi connectivity index (χ3v) is 1.72. The quantitative estimate of drug-likeness (QED) is 0.619. The molecule has 0 unspecified atom stereocenters. The fraction of sp³-hybridized carbons (Fsp3) is 0.286. The van der Waals surface area contributed by atoms with Gasteiger partial charge in [-0.15, -0.1) is 0 Å². The van der Waals surface area contributed by atoms with Crippen molar-refractivity contribution in [3.05, 3.63) is 17.6 Å². The molecule has 1 aromatic rings. The summed E-state index contributed by atoms with van der Waals surface area (Å²) in [5, 5.41) is 11.6. The molecular weight excluding hydrogens is 158 g/mol. The number of rotatable bonds is 1. The highest BCUT2D eigenvalue weighted by Crippen LogP contribution is 2.16. The van der Waals surface area contributed by atoms with Crippen LogP contribution in [0.4, 0.5) is 5.82 Å². The van der Waals surface area contributed by atoms with Crippen molar-refractivity contribution in [1.29, 1.82) is 0 Å². The van der Waals surface area contributed by atoms with Gasteiger partial charge in [0.1, 0.15) is 5.82 Å². The zero-order chi connectivity index (χ0) is 8.55. The summed E-state index contributed by atoms with van der Waals surface area (Å²) in [6.45, 7) is 0.790. The van der Waals surface area contributed by atoms with Crippen molar-refractivity contribution in [1.82, 2.24) is 9.97 Å². The van der Waals surface area contributed by atoms with Crippen LogP contribution in [-0.4, -0.2) is 27.6 Å². The summed E-state index contributed by atoms with van der Waals surface area (Å²) in [5.41, 5.74) is 0.757. The normalized spacial score (nSPS) is 13.7. The minimum absolute atomic E-state index is 0.0115. The lowest BCUT2D eigenvalue weighted by molar-refractivity contribution is 0.0690. The van der Waals surface area contributed by atoms with Crippen molar-refractivity contribution in [2.75, 3.05) is 11.9 Å². The van der Waals surface area contributed by atoms with Gasteiger partial charge in [0, 0.05) is 13.0 Å². The van der Waals surface area contributed by atoms with Crippen molar-refractivity contribution in [2.45, 2.75) is 6.42 Å². The fourth-order valence-electron chi connectivity index (χ4n) is 1.15. The van der Waals surface area contributed by atoms with E-state index in [1.165, 1.54) is 6.20 Å². The number of anilines is 1. The Bertz CT molecular complexity index is 337. The van der Waals surface area contributed by atoms with Gasteiger partial charge in [-0.3, -0.25) is 0 Å². The van der Waals surface area contributed by atoms with E-state index in [2.05, 4.69) is 15.3 Å². The van der Waals surface area contributed by atoms with Gasteiger partial charge in [0.2, 0.25) is 0 Å². The predicted molar refractivity (Wildman–Crippen MR) is 41.2 cm³/mol. The lowest BCUT2D eigenvalue weighted by Gasteiger charge is -1.97.